The molecular weight excluding hydrogens is 336 g/mol. The number of cyclic esters (lactones) is 2. The molecule has 6 nitrogen and oxygen atoms in total. The number of hydrogen-bond donors (Lipinski definition) is 2. The van der Waals surface area contributed by atoms with Crippen molar-refractivity contribution >= 4 is 18.0 Å². The SMILES string of the molecule is C=Cc1cccc([C@](C)(O)C(C)(O)C=C2C(=O)OC(C)(CC)OC2=O)c1. The molecule has 2 atom stereocenters. The molecule has 1 aromatic carbocycles. The molecule has 1 saturated heterocycles. The minimum Gasteiger partial charge on any atom is -0.419 e. The van der Waals surface area contributed by atoms with Gasteiger partial charge in [-0.05, 0) is 37.1 Å². The van der Waals surface area contributed by atoms with Gasteiger partial charge in [0.2, 0.25) is 0 Å². The summed E-state index contributed by atoms with van der Waals surface area (Å²) < 4.78 is 10.3. The van der Waals surface area contributed by atoms with Crippen LogP contribution in [0.3, 0.4) is 0 Å². The van der Waals surface area contributed by atoms with Gasteiger partial charge in [0.1, 0.15) is 16.8 Å². The molecule has 6 heteroatoms. The number of aliphatic hydroxyl groups is 2. The number of benzene rings is 1. The van der Waals surface area contributed by atoms with E-state index in [0.29, 0.717) is 12.0 Å². The van der Waals surface area contributed by atoms with Crippen LogP contribution in [0.15, 0.2) is 42.5 Å². The van der Waals surface area contributed by atoms with Crippen molar-refractivity contribution in [3.8, 4) is 0 Å². The monoisotopic (exact) mass is 360 g/mol. The second kappa shape index (κ2) is 6.70. The number of ether oxygens (including phenoxy) is 2. The van der Waals surface area contributed by atoms with E-state index in [1.165, 1.54) is 20.8 Å². The standard InChI is InChI=1S/C20H24O6/c1-6-13-9-8-10-14(11-13)20(5,24)18(3,23)12-15-16(21)25-19(4,7-2)26-17(15)22/h6,8-12,23-24H,1,7H2,2-5H3/t18?,19?,20-/m0/s1. The second-order valence-corrected chi connectivity index (χ2v) is 6.87. The smallest absolute Gasteiger partial charge is 0.348 e. The lowest BCUT2D eigenvalue weighted by Crippen LogP contribution is -2.49. The average Bonchev–Trinajstić information content (AvgIpc) is 2.58. The van der Waals surface area contributed by atoms with E-state index in [4.69, 9.17) is 9.47 Å². The molecule has 2 rings (SSSR count). The van der Waals surface area contributed by atoms with Gasteiger partial charge >= 0.3 is 11.9 Å². The fourth-order valence-corrected chi connectivity index (χ4v) is 2.55. The Morgan fingerprint density at radius 3 is 2.27 bits per heavy atom. The van der Waals surface area contributed by atoms with Gasteiger partial charge < -0.3 is 19.7 Å². The van der Waals surface area contributed by atoms with Crippen molar-refractivity contribution in [1.82, 2.24) is 0 Å². The van der Waals surface area contributed by atoms with Gasteiger partial charge in [-0.1, -0.05) is 37.8 Å². The van der Waals surface area contributed by atoms with Crippen molar-refractivity contribution in [2.75, 3.05) is 0 Å². The number of rotatable bonds is 5. The fourth-order valence-electron chi connectivity index (χ4n) is 2.55. The first-order valence-corrected chi connectivity index (χ1v) is 8.33. The first kappa shape index (κ1) is 19.9. The lowest BCUT2D eigenvalue weighted by molar-refractivity contribution is -0.230. The highest BCUT2D eigenvalue weighted by Gasteiger charge is 2.47. The van der Waals surface area contributed by atoms with Crippen molar-refractivity contribution in [3.63, 3.8) is 0 Å². The number of carbonyl (C=O) groups is 2. The highest BCUT2D eigenvalue weighted by molar-refractivity contribution is 6.15. The van der Waals surface area contributed by atoms with Crippen LogP contribution in [0.2, 0.25) is 0 Å². The van der Waals surface area contributed by atoms with E-state index >= 15 is 0 Å². The Kier molecular flexibility index (Phi) is 5.12. The minimum absolute atomic E-state index is 0.292. The first-order valence-electron chi connectivity index (χ1n) is 8.33. The molecule has 1 unspecified atom stereocenters. The number of esters is 2. The van der Waals surface area contributed by atoms with Crippen LogP contribution in [-0.4, -0.2) is 33.5 Å². The van der Waals surface area contributed by atoms with Crippen LogP contribution in [0.25, 0.3) is 6.08 Å². The minimum atomic E-state index is -1.96. The first-order chi connectivity index (χ1) is 12.0. The van der Waals surface area contributed by atoms with E-state index in [1.807, 2.05) is 0 Å². The van der Waals surface area contributed by atoms with Crippen LogP contribution in [0.5, 0.6) is 0 Å². The predicted octanol–water partition coefficient (Wildman–Crippen LogP) is 2.44. The van der Waals surface area contributed by atoms with E-state index in [9.17, 15) is 19.8 Å². The van der Waals surface area contributed by atoms with Gasteiger partial charge in [0.25, 0.3) is 5.79 Å². The Hall–Kier alpha value is -2.44. The molecular formula is C20H24O6. The number of carbonyl (C=O) groups excluding carboxylic acids is 2. The topological polar surface area (TPSA) is 93.1 Å². The maximum absolute atomic E-state index is 12.2. The summed E-state index contributed by atoms with van der Waals surface area (Å²) in [5.41, 5.74) is -3.07. The fraction of sp³-hybridized carbons (Fsp3) is 0.400. The molecule has 0 bridgehead atoms. The van der Waals surface area contributed by atoms with Gasteiger partial charge in [-0.3, -0.25) is 0 Å². The van der Waals surface area contributed by atoms with Crippen molar-refractivity contribution in [2.24, 2.45) is 0 Å². The van der Waals surface area contributed by atoms with Crippen LogP contribution in [0.1, 0.15) is 45.2 Å². The molecule has 0 spiro atoms. The summed E-state index contributed by atoms with van der Waals surface area (Å²) in [6.45, 7) is 9.56. The zero-order valence-corrected chi connectivity index (χ0v) is 15.4. The van der Waals surface area contributed by atoms with Crippen LogP contribution in [-0.2, 0) is 24.7 Å². The molecule has 0 radical (unpaired) electrons. The van der Waals surface area contributed by atoms with E-state index in [0.717, 1.165) is 11.6 Å². The zero-order chi connectivity index (χ0) is 19.8. The van der Waals surface area contributed by atoms with E-state index in [-0.39, 0.29) is 0 Å². The van der Waals surface area contributed by atoms with Crippen LogP contribution in [0.4, 0.5) is 0 Å². The highest BCUT2D eigenvalue weighted by Crippen LogP contribution is 2.36. The lowest BCUT2D eigenvalue weighted by atomic mass is 9.78. The van der Waals surface area contributed by atoms with Crippen molar-refractivity contribution in [1.29, 1.82) is 0 Å². The van der Waals surface area contributed by atoms with E-state index in [2.05, 4.69) is 6.58 Å². The molecule has 1 fully saturated rings. The Labute approximate surface area is 152 Å². The molecule has 140 valence electrons. The second-order valence-electron chi connectivity index (χ2n) is 6.87. The van der Waals surface area contributed by atoms with Crippen LogP contribution in [0, 0.1) is 0 Å². The summed E-state index contributed by atoms with van der Waals surface area (Å²) in [6.07, 6.45) is 2.88. The lowest BCUT2D eigenvalue weighted by Gasteiger charge is -2.38. The summed E-state index contributed by atoms with van der Waals surface area (Å²) in [4.78, 5) is 24.4. The average molecular weight is 360 g/mol. The van der Waals surface area contributed by atoms with Crippen molar-refractivity contribution < 1.29 is 29.3 Å². The Morgan fingerprint density at radius 2 is 1.77 bits per heavy atom. The largest absolute Gasteiger partial charge is 0.419 e. The maximum atomic E-state index is 12.2. The third-order valence-electron chi connectivity index (χ3n) is 4.79. The molecule has 1 aliphatic rings. The summed E-state index contributed by atoms with van der Waals surface area (Å²) in [5, 5.41) is 21.8. The predicted molar refractivity (Wildman–Crippen MR) is 95.7 cm³/mol. The normalized spacial score (nSPS) is 24.8. The van der Waals surface area contributed by atoms with Gasteiger partial charge in [-0.25, -0.2) is 9.59 Å². The molecule has 1 aliphatic heterocycles. The molecule has 1 aromatic rings. The van der Waals surface area contributed by atoms with Gasteiger partial charge in [-0.2, -0.15) is 0 Å². The Bertz CT molecular complexity index is 752. The molecule has 0 saturated carbocycles. The third kappa shape index (κ3) is 3.57. The summed E-state index contributed by atoms with van der Waals surface area (Å²) in [7, 11) is 0. The molecule has 0 amide bonds. The zero-order valence-electron chi connectivity index (χ0n) is 15.4. The Balaban J connectivity index is 2.42. The van der Waals surface area contributed by atoms with Crippen molar-refractivity contribution in [3.05, 3.63) is 53.6 Å². The Morgan fingerprint density at radius 1 is 1.19 bits per heavy atom. The van der Waals surface area contributed by atoms with Gasteiger partial charge in [-0.15, -0.1) is 0 Å². The number of hydrogen-bond acceptors (Lipinski definition) is 6. The highest BCUT2D eigenvalue weighted by atomic mass is 16.7. The van der Waals surface area contributed by atoms with Gasteiger partial charge in [0.05, 0.1) is 0 Å². The van der Waals surface area contributed by atoms with Gasteiger partial charge in [0.15, 0.2) is 0 Å². The maximum Gasteiger partial charge on any atom is 0.348 e. The molecule has 2 N–H and O–H groups in total. The summed E-state index contributed by atoms with van der Waals surface area (Å²) in [6, 6.07) is 6.79. The summed E-state index contributed by atoms with van der Waals surface area (Å²) >= 11 is 0. The summed E-state index contributed by atoms with van der Waals surface area (Å²) in [5.74, 6) is -3.14. The molecule has 0 aliphatic carbocycles. The van der Waals surface area contributed by atoms with E-state index < -0.39 is 34.5 Å². The molecule has 1 heterocycles. The van der Waals surface area contributed by atoms with Crippen LogP contribution >= 0.6 is 0 Å². The van der Waals surface area contributed by atoms with Gasteiger partial charge in [0, 0.05) is 13.3 Å². The van der Waals surface area contributed by atoms with Crippen LogP contribution < -0.4 is 0 Å². The van der Waals surface area contributed by atoms with E-state index in [1.54, 1.807) is 37.3 Å². The third-order valence-corrected chi connectivity index (χ3v) is 4.79. The molecule has 0 aromatic heterocycles. The van der Waals surface area contributed by atoms with Crippen molar-refractivity contribution in [2.45, 2.75) is 51.1 Å². The quantitative estimate of drug-likeness (QED) is 0.476. The molecule has 26 heavy (non-hydrogen) atoms.